The molecule has 0 rings (SSSR count). The number of carbonyl (C=O) groups is 2. The summed E-state index contributed by atoms with van der Waals surface area (Å²) in [5.74, 6) is -1.32. The Bertz CT molecular complexity index is 438. The smallest absolute Gasteiger partial charge is 0.478 e. The predicted molar refractivity (Wildman–Crippen MR) is 99.7 cm³/mol. The third kappa shape index (κ3) is 12.8. The van der Waals surface area contributed by atoms with Crippen LogP contribution in [0.2, 0.25) is 6.04 Å². The molecule has 0 amide bonds. The number of aliphatic carboxylic acids is 1. The Hall–Kier alpha value is -1.52. The number of esters is 1. The monoisotopic (exact) mass is 392 g/mol. The molecule has 0 aliphatic carbocycles. The van der Waals surface area contributed by atoms with E-state index in [9.17, 15) is 9.59 Å². The molecule has 0 saturated heterocycles. The first-order valence-electron chi connectivity index (χ1n) is 8.19. The molecule has 0 aliphatic rings. The van der Waals surface area contributed by atoms with Crippen LogP contribution in [-0.4, -0.2) is 65.5 Å². The number of carboxylic acids is 1. The summed E-state index contributed by atoms with van der Waals surface area (Å²) in [5.41, 5.74) is 0.613. The summed E-state index contributed by atoms with van der Waals surface area (Å²) in [4.78, 5) is 21.2. The molecule has 9 heteroatoms. The maximum Gasteiger partial charge on any atom is 0.500 e. The Balaban J connectivity index is 0. The molecule has 26 heavy (non-hydrogen) atoms. The fraction of sp³-hybridized carbons (Fsp3) is 0.647. The number of hydrogen-bond donors (Lipinski definition) is 2. The number of carbonyl (C=O) groups excluding carboxylic acids is 1. The first-order chi connectivity index (χ1) is 12.2. The first kappa shape index (κ1) is 26.7. The third-order valence-electron chi connectivity index (χ3n) is 3.33. The van der Waals surface area contributed by atoms with Crippen molar-refractivity contribution in [3.05, 3.63) is 24.3 Å². The van der Waals surface area contributed by atoms with Crippen molar-refractivity contribution in [2.75, 3.05) is 34.5 Å². The zero-order valence-corrected chi connectivity index (χ0v) is 17.2. The second kappa shape index (κ2) is 15.7. The van der Waals surface area contributed by atoms with Gasteiger partial charge in [0.05, 0.1) is 6.61 Å². The Labute approximate surface area is 156 Å². The van der Waals surface area contributed by atoms with E-state index in [0.717, 1.165) is 0 Å². The SMILES string of the molecule is C=C(C)C(=O)OCCC[Si](OC)(OC)OC.C=C(CCCCO)C(=O)O. The molecule has 0 spiro atoms. The molecule has 0 bridgehead atoms. The number of carboxylic acid groups (broad SMARTS) is 1. The highest BCUT2D eigenvalue weighted by molar-refractivity contribution is 6.60. The van der Waals surface area contributed by atoms with E-state index < -0.39 is 14.8 Å². The van der Waals surface area contributed by atoms with E-state index in [1.165, 1.54) is 0 Å². The standard InChI is InChI=1S/C10H20O5Si.C7H12O3/c1-9(2)10(11)15-7-6-8-16(12-3,13-4)14-5;1-6(7(9)10)4-2-3-5-8/h1,6-8H2,2-5H3;8H,1-5H2,(H,9,10). The lowest BCUT2D eigenvalue weighted by molar-refractivity contribution is -0.139. The van der Waals surface area contributed by atoms with Gasteiger partial charge in [0.2, 0.25) is 0 Å². The van der Waals surface area contributed by atoms with Crippen LogP contribution in [0, 0.1) is 0 Å². The van der Waals surface area contributed by atoms with Crippen LogP contribution >= 0.6 is 0 Å². The third-order valence-corrected chi connectivity index (χ3v) is 6.16. The fourth-order valence-corrected chi connectivity index (χ4v) is 3.38. The highest BCUT2D eigenvalue weighted by Gasteiger charge is 2.36. The molecule has 0 saturated carbocycles. The lowest BCUT2D eigenvalue weighted by Gasteiger charge is -2.24. The van der Waals surface area contributed by atoms with Crippen LogP contribution in [0.25, 0.3) is 0 Å². The van der Waals surface area contributed by atoms with E-state index in [1.807, 2.05) is 0 Å². The number of aliphatic hydroxyl groups excluding tert-OH is 1. The minimum Gasteiger partial charge on any atom is -0.478 e. The van der Waals surface area contributed by atoms with Crippen LogP contribution in [0.5, 0.6) is 0 Å². The van der Waals surface area contributed by atoms with Gasteiger partial charge >= 0.3 is 20.7 Å². The highest BCUT2D eigenvalue weighted by atomic mass is 28.4. The van der Waals surface area contributed by atoms with Gasteiger partial charge < -0.3 is 28.2 Å². The van der Waals surface area contributed by atoms with Crippen molar-refractivity contribution < 1.29 is 37.8 Å². The average Bonchev–Trinajstić information content (AvgIpc) is 2.62. The molecule has 0 heterocycles. The van der Waals surface area contributed by atoms with E-state index >= 15 is 0 Å². The van der Waals surface area contributed by atoms with Crippen LogP contribution in [0.4, 0.5) is 0 Å². The van der Waals surface area contributed by atoms with Crippen LogP contribution in [0.1, 0.15) is 32.6 Å². The van der Waals surface area contributed by atoms with Crippen molar-refractivity contribution in [1.29, 1.82) is 0 Å². The lowest BCUT2D eigenvalue weighted by Crippen LogP contribution is -2.42. The second-order valence-electron chi connectivity index (χ2n) is 5.40. The molecule has 0 aliphatic heterocycles. The zero-order valence-electron chi connectivity index (χ0n) is 16.2. The topological polar surface area (TPSA) is 112 Å². The highest BCUT2D eigenvalue weighted by Crippen LogP contribution is 2.14. The van der Waals surface area contributed by atoms with Crippen molar-refractivity contribution in [2.45, 2.75) is 38.7 Å². The van der Waals surface area contributed by atoms with Gasteiger partial charge in [0.25, 0.3) is 0 Å². The Morgan fingerprint density at radius 3 is 1.92 bits per heavy atom. The maximum absolute atomic E-state index is 11.1. The Morgan fingerprint density at radius 2 is 1.54 bits per heavy atom. The van der Waals surface area contributed by atoms with Crippen molar-refractivity contribution in [1.82, 2.24) is 0 Å². The molecule has 0 aromatic heterocycles. The zero-order chi connectivity index (χ0) is 20.6. The van der Waals surface area contributed by atoms with Crippen LogP contribution < -0.4 is 0 Å². The van der Waals surface area contributed by atoms with Crippen molar-refractivity contribution >= 4 is 20.7 Å². The first-order valence-corrected chi connectivity index (χ1v) is 10.1. The van der Waals surface area contributed by atoms with Crippen molar-refractivity contribution in [3.63, 3.8) is 0 Å². The summed E-state index contributed by atoms with van der Waals surface area (Å²) in [6.45, 7) is 8.88. The van der Waals surface area contributed by atoms with Crippen molar-refractivity contribution in [2.24, 2.45) is 0 Å². The van der Waals surface area contributed by atoms with Crippen LogP contribution in [-0.2, 0) is 27.6 Å². The van der Waals surface area contributed by atoms with E-state index in [-0.39, 0.29) is 18.1 Å². The summed E-state index contributed by atoms with van der Waals surface area (Å²) >= 11 is 0. The quantitative estimate of drug-likeness (QED) is 0.212. The Morgan fingerprint density at radius 1 is 1.00 bits per heavy atom. The van der Waals surface area contributed by atoms with E-state index in [0.29, 0.717) is 43.9 Å². The average molecular weight is 393 g/mol. The molecular weight excluding hydrogens is 360 g/mol. The van der Waals surface area contributed by atoms with E-state index in [2.05, 4.69) is 13.2 Å². The predicted octanol–water partition coefficient (Wildman–Crippen LogP) is 2.16. The molecule has 2 N–H and O–H groups in total. The van der Waals surface area contributed by atoms with Gasteiger partial charge in [-0.15, -0.1) is 0 Å². The summed E-state index contributed by atoms with van der Waals surface area (Å²) < 4.78 is 20.6. The number of unbranched alkanes of at least 4 members (excludes halogenated alkanes) is 1. The minimum atomic E-state index is -2.53. The summed E-state index contributed by atoms with van der Waals surface area (Å²) in [7, 11) is 2.13. The molecule has 0 fully saturated rings. The van der Waals surface area contributed by atoms with Gasteiger partial charge in [-0.3, -0.25) is 0 Å². The fourth-order valence-electron chi connectivity index (χ4n) is 1.69. The molecular formula is C17H32O8Si. The van der Waals surface area contributed by atoms with Crippen LogP contribution in [0.15, 0.2) is 24.3 Å². The molecule has 0 atom stereocenters. The number of rotatable bonds is 13. The van der Waals surface area contributed by atoms with Gasteiger partial charge in [-0.25, -0.2) is 9.59 Å². The summed E-state index contributed by atoms with van der Waals surface area (Å²) in [6, 6.07) is 0.611. The van der Waals surface area contributed by atoms with Crippen molar-refractivity contribution in [3.8, 4) is 0 Å². The minimum absolute atomic E-state index is 0.118. The molecule has 0 aromatic carbocycles. The van der Waals surface area contributed by atoms with Gasteiger partial charge in [0.1, 0.15) is 0 Å². The molecule has 0 aromatic rings. The number of aliphatic hydroxyl groups is 1. The van der Waals surface area contributed by atoms with Gasteiger partial charge in [-0.1, -0.05) is 13.2 Å². The van der Waals surface area contributed by atoms with Gasteiger partial charge in [0.15, 0.2) is 0 Å². The number of hydrogen-bond acceptors (Lipinski definition) is 7. The normalized spacial score (nSPS) is 10.5. The van der Waals surface area contributed by atoms with Crippen LogP contribution in [0.3, 0.4) is 0 Å². The number of ether oxygens (including phenoxy) is 1. The molecule has 152 valence electrons. The van der Waals surface area contributed by atoms with Gasteiger partial charge in [-0.05, 0) is 32.6 Å². The van der Waals surface area contributed by atoms with E-state index in [4.69, 9.17) is 28.2 Å². The van der Waals surface area contributed by atoms with Gasteiger partial charge in [-0.2, -0.15) is 0 Å². The molecule has 8 nitrogen and oxygen atoms in total. The maximum atomic E-state index is 11.1. The largest absolute Gasteiger partial charge is 0.500 e. The molecule has 0 radical (unpaired) electrons. The summed E-state index contributed by atoms with van der Waals surface area (Å²) in [6.07, 6.45) is 2.45. The Kier molecular flexibility index (Phi) is 16.1. The second-order valence-corrected chi connectivity index (χ2v) is 8.50. The molecule has 0 unspecified atom stereocenters. The lowest BCUT2D eigenvalue weighted by atomic mass is 10.1. The van der Waals surface area contributed by atoms with E-state index in [1.54, 1.807) is 28.3 Å². The van der Waals surface area contributed by atoms with Gasteiger partial charge in [0, 0.05) is 45.1 Å². The summed E-state index contributed by atoms with van der Waals surface area (Å²) in [5, 5.41) is 16.7.